The van der Waals surface area contributed by atoms with Gasteiger partial charge in [0.2, 0.25) is 17.7 Å². The Hall–Kier alpha value is -3.46. The topological polar surface area (TPSA) is 273 Å². The van der Waals surface area contributed by atoms with Crippen molar-refractivity contribution in [3.8, 4) is 0 Å². The number of aliphatic hydroxyl groups is 1. The fourth-order valence-electron chi connectivity index (χ4n) is 2.55. The van der Waals surface area contributed by atoms with Gasteiger partial charge < -0.3 is 48.5 Å². The second-order valence-electron chi connectivity index (χ2n) is 7.53. The molecule has 0 aliphatic carbocycles. The van der Waals surface area contributed by atoms with E-state index in [4.69, 9.17) is 22.3 Å². The lowest BCUT2D eigenvalue weighted by atomic mass is 10.0. The summed E-state index contributed by atoms with van der Waals surface area (Å²) in [5, 5.41) is 34.2. The number of aliphatic hydroxyl groups excluding tert-OH is 1. The Morgan fingerprint density at radius 1 is 0.909 bits per heavy atom. The van der Waals surface area contributed by atoms with Crippen LogP contribution in [0.2, 0.25) is 0 Å². The number of carboxylic acid groups (broad SMARTS) is 2. The number of rotatable bonds is 15. The first-order valence-corrected chi connectivity index (χ1v) is 10.1. The van der Waals surface area contributed by atoms with Crippen LogP contribution in [0.15, 0.2) is 4.99 Å². The minimum Gasteiger partial charge on any atom is -0.481 e. The van der Waals surface area contributed by atoms with Gasteiger partial charge in [0.25, 0.3) is 0 Å². The highest BCUT2D eigenvalue weighted by Crippen LogP contribution is 2.04. The molecule has 15 nitrogen and oxygen atoms in total. The van der Waals surface area contributed by atoms with Crippen LogP contribution in [0.5, 0.6) is 0 Å². The quantitative estimate of drug-likeness (QED) is 0.0625. The Kier molecular flexibility index (Phi) is 13.0. The number of nitrogens with one attached hydrogen (secondary N) is 3. The Labute approximate surface area is 190 Å². The lowest BCUT2D eigenvalue weighted by Gasteiger charge is -2.24. The van der Waals surface area contributed by atoms with Crippen molar-refractivity contribution in [3.63, 3.8) is 0 Å². The predicted molar refractivity (Wildman–Crippen MR) is 115 cm³/mol. The number of hydrogen-bond donors (Lipinski definition) is 9. The highest BCUT2D eigenvalue weighted by Gasteiger charge is 2.32. The summed E-state index contributed by atoms with van der Waals surface area (Å²) in [6.07, 6.45) is -0.333. The van der Waals surface area contributed by atoms with Crippen molar-refractivity contribution in [1.29, 1.82) is 0 Å². The summed E-state index contributed by atoms with van der Waals surface area (Å²) < 4.78 is 0. The molecule has 3 amide bonds. The van der Waals surface area contributed by atoms with Gasteiger partial charge in [-0.15, -0.1) is 0 Å². The summed E-state index contributed by atoms with van der Waals surface area (Å²) in [6.45, 7) is 2.42. The summed E-state index contributed by atoms with van der Waals surface area (Å²) in [6, 6.07) is -5.57. The number of hydrogen-bond acceptors (Lipinski definition) is 8. The lowest BCUT2D eigenvalue weighted by Crippen LogP contribution is -2.58. The van der Waals surface area contributed by atoms with E-state index >= 15 is 0 Å². The molecule has 0 fully saturated rings. The summed E-state index contributed by atoms with van der Waals surface area (Å²) in [7, 11) is 0. The summed E-state index contributed by atoms with van der Waals surface area (Å²) in [5.41, 5.74) is 16.1. The zero-order valence-corrected chi connectivity index (χ0v) is 18.5. The van der Waals surface area contributed by atoms with E-state index in [2.05, 4.69) is 20.9 Å². The van der Waals surface area contributed by atoms with Crippen molar-refractivity contribution in [1.82, 2.24) is 16.0 Å². The van der Waals surface area contributed by atoms with Crippen LogP contribution in [-0.4, -0.2) is 88.3 Å². The van der Waals surface area contributed by atoms with E-state index in [0.29, 0.717) is 6.42 Å². The minimum absolute atomic E-state index is 0.118. The van der Waals surface area contributed by atoms with Gasteiger partial charge in [-0.2, -0.15) is 0 Å². The summed E-state index contributed by atoms with van der Waals surface area (Å²) in [4.78, 5) is 63.2. The number of carbonyl (C=O) groups is 5. The number of nitrogens with two attached hydrogens (primary N) is 3. The van der Waals surface area contributed by atoms with Crippen LogP contribution in [-0.2, 0) is 24.0 Å². The monoisotopic (exact) mass is 475 g/mol. The SMILES string of the molecule is CC(C)C(NC(=O)C(CC(=O)O)NC(=O)C(CO)NC(=O)C(N)CCCN=C(N)N)C(=O)O. The van der Waals surface area contributed by atoms with Crippen LogP contribution in [0.3, 0.4) is 0 Å². The standard InChI is InChI=1S/C18H33N7O8/c1-8(2)13(17(32)33)25-15(30)10(6-12(27)28)23-16(31)11(7-26)24-14(29)9(19)4-3-5-22-18(20)21/h8-11,13,26H,3-7,19H2,1-2H3,(H,23,31)(H,24,29)(H,25,30)(H,27,28)(H,32,33)(H4,20,21,22). The molecule has 4 atom stereocenters. The molecule has 0 heterocycles. The molecule has 0 aromatic rings. The average Bonchev–Trinajstić information content (AvgIpc) is 2.70. The molecule has 0 saturated carbocycles. The molecule has 188 valence electrons. The molecule has 0 aromatic carbocycles. The lowest BCUT2D eigenvalue weighted by molar-refractivity contribution is -0.144. The molecule has 0 aromatic heterocycles. The van der Waals surface area contributed by atoms with Gasteiger partial charge in [-0.05, 0) is 18.8 Å². The third kappa shape index (κ3) is 11.6. The number of guanidine groups is 1. The van der Waals surface area contributed by atoms with Crippen LogP contribution in [0.1, 0.15) is 33.1 Å². The molecular formula is C18H33N7O8. The van der Waals surface area contributed by atoms with Crippen LogP contribution < -0.4 is 33.2 Å². The van der Waals surface area contributed by atoms with E-state index < -0.39 is 72.8 Å². The molecule has 12 N–H and O–H groups in total. The highest BCUT2D eigenvalue weighted by atomic mass is 16.4. The second-order valence-corrected chi connectivity index (χ2v) is 7.53. The fraction of sp³-hybridized carbons (Fsp3) is 0.667. The zero-order chi connectivity index (χ0) is 25.7. The van der Waals surface area contributed by atoms with Crippen molar-refractivity contribution in [3.05, 3.63) is 0 Å². The van der Waals surface area contributed by atoms with Crippen LogP contribution in [0.25, 0.3) is 0 Å². The van der Waals surface area contributed by atoms with Gasteiger partial charge in [0.05, 0.1) is 19.1 Å². The van der Waals surface area contributed by atoms with Crippen molar-refractivity contribution < 1.29 is 39.3 Å². The van der Waals surface area contributed by atoms with Crippen LogP contribution >= 0.6 is 0 Å². The second kappa shape index (κ2) is 14.6. The molecule has 15 heteroatoms. The summed E-state index contributed by atoms with van der Waals surface area (Å²) in [5.74, 6) is -6.31. The maximum absolute atomic E-state index is 12.5. The number of carboxylic acids is 2. The van der Waals surface area contributed by atoms with Gasteiger partial charge in [-0.3, -0.25) is 24.2 Å². The van der Waals surface area contributed by atoms with Gasteiger partial charge in [0.1, 0.15) is 18.1 Å². The molecule has 0 aliphatic rings. The smallest absolute Gasteiger partial charge is 0.326 e. The third-order valence-corrected chi connectivity index (χ3v) is 4.36. The van der Waals surface area contributed by atoms with Gasteiger partial charge in [0, 0.05) is 6.54 Å². The fourth-order valence-corrected chi connectivity index (χ4v) is 2.55. The number of nitrogens with zero attached hydrogens (tertiary/aromatic N) is 1. The molecule has 33 heavy (non-hydrogen) atoms. The van der Waals surface area contributed by atoms with E-state index in [1.165, 1.54) is 13.8 Å². The first-order valence-electron chi connectivity index (χ1n) is 10.1. The maximum atomic E-state index is 12.5. The van der Waals surface area contributed by atoms with Crippen LogP contribution in [0, 0.1) is 5.92 Å². The predicted octanol–water partition coefficient (Wildman–Crippen LogP) is -3.97. The molecule has 0 spiro atoms. The Bertz CT molecular complexity index is 739. The molecule has 0 radical (unpaired) electrons. The molecule has 0 bridgehead atoms. The van der Waals surface area contributed by atoms with Crippen LogP contribution in [0.4, 0.5) is 0 Å². The Balaban J connectivity index is 5.14. The van der Waals surface area contributed by atoms with Gasteiger partial charge >= 0.3 is 11.9 Å². The normalized spacial score (nSPS) is 14.3. The third-order valence-electron chi connectivity index (χ3n) is 4.36. The number of amides is 3. The molecular weight excluding hydrogens is 442 g/mol. The highest BCUT2D eigenvalue weighted by molar-refractivity contribution is 5.95. The van der Waals surface area contributed by atoms with Gasteiger partial charge in [0.15, 0.2) is 5.96 Å². The first kappa shape index (κ1) is 29.5. The molecule has 4 unspecified atom stereocenters. The average molecular weight is 476 g/mol. The maximum Gasteiger partial charge on any atom is 0.326 e. The van der Waals surface area contributed by atoms with Crippen molar-refractivity contribution in [2.75, 3.05) is 13.2 Å². The van der Waals surface area contributed by atoms with E-state index in [0.717, 1.165) is 0 Å². The van der Waals surface area contributed by atoms with E-state index in [1.54, 1.807) is 0 Å². The van der Waals surface area contributed by atoms with E-state index in [9.17, 15) is 34.2 Å². The molecule has 0 aliphatic heterocycles. The Morgan fingerprint density at radius 3 is 1.91 bits per heavy atom. The van der Waals surface area contributed by atoms with Crippen molar-refractivity contribution in [2.24, 2.45) is 28.1 Å². The minimum atomic E-state index is -1.66. The number of aliphatic carboxylic acids is 2. The molecule has 0 rings (SSSR count). The largest absolute Gasteiger partial charge is 0.481 e. The number of aliphatic imine (C=N–C) groups is 1. The van der Waals surface area contributed by atoms with Gasteiger partial charge in [-0.25, -0.2) is 4.79 Å². The molecule has 0 saturated heterocycles. The zero-order valence-electron chi connectivity index (χ0n) is 18.5. The Morgan fingerprint density at radius 2 is 1.45 bits per heavy atom. The number of carbonyl (C=O) groups excluding carboxylic acids is 3. The summed E-state index contributed by atoms with van der Waals surface area (Å²) >= 11 is 0. The first-order chi connectivity index (χ1) is 15.3. The van der Waals surface area contributed by atoms with Crippen molar-refractivity contribution >= 4 is 35.6 Å². The van der Waals surface area contributed by atoms with E-state index in [-0.39, 0.29) is 18.9 Å². The van der Waals surface area contributed by atoms with Crippen molar-refractivity contribution in [2.45, 2.75) is 57.3 Å². The van der Waals surface area contributed by atoms with Gasteiger partial charge in [-0.1, -0.05) is 13.8 Å². The van der Waals surface area contributed by atoms with E-state index in [1.807, 2.05) is 0 Å².